The van der Waals surface area contributed by atoms with Crippen LogP contribution in [-0.2, 0) is 0 Å². The van der Waals surface area contributed by atoms with Gasteiger partial charge >= 0.3 is 0 Å². The van der Waals surface area contributed by atoms with Gasteiger partial charge < -0.3 is 5.11 Å². The highest BCUT2D eigenvalue weighted by molar-refractivity contribution is 4.81. The SMILES string of the molecule is CCCN1CC(CO)N(C)CCC1C. The van der Waals surface area contributed by atoms with Crippen molar-refractivity contribution in [1.82, 2.24) is 9.80 Å². The molecule has 0 spiro atoms. The van der Waals surface area contributed by atoms with Crippen molar-refractivity contribution in [1.29, 1.82) is 0 Å². The summed E-state index contributed by atoms with van der Waals surface area (Å²) in [5.74, 6) is 0. The third-order valence-electron chi connectivity index (χ3n) is 3.31. The molecule has 1 rings (SSSR count). The first-order valence-corrected chi connectivity index (χ1v) is 5.74. The van der Waals surface area contributed by atoms with Crippen LogP contribution in [0, 0.1) is 0 Å². The van der Waals surface area contributed by atoms with Crippen LogP contribution in [0.5, 0.6) is 0 Å². The molecule has 1 heterocycles. The van der Waals surface area contributed by atoms with E-state index in [4.69, 9.17) is 0 Å². The summed E-state index contributed by atoms with van der Waals surface area (Å²) in [7, 11) is 2.11. The molecule has 0 aliphatic carbocycles. The van der Waals surface area contributed by atoms with Gasteiger partial charge in [0, 0.05) is 18.6 Å². The van der Waals surface area contributed by atoms with E-state index in [-0.39, 0.29) is 6.61 Å². The maximum atomic E-state index is 9.29. The second-order valence-corrected chi connectivity index (χ2v) is 4.45. The molecular weight excluding hydrogens is 176 g/mol. The van der Waals surface area contributed by atoms with Crippen LogP contribution >= 0.6 is 0 Å². The van der Waals surface area contributed by atoms with Crippen molar-refractivity contribution >= 4 is 0 Å². The van der Waals surface area contributed by atoms with Crippen molar-refractivity contribution in [3.05, 3.63) is 0 Å². The van der Waals surface area contributed by atoms with Gasteiger partial charge in [0.25, 0.3) is 0 Å². The van der Waals surface area contributed by atoms with Crippen LogP contribution in [0.3, 0.4) is 0 Å². The molecular formula is C11H24N2O. The maximum absolute atomic E-state index is 9.29. The Labute approximate surface area is 87.7 Å². The normalized spacial score (nSPS) is 31.7. The highest BCUT2D eigenvalue weighted by Gasteiger charge is 2.25. The maximum Gasteiger partial charge on any atom is 0.0599 e. The lowest BCUT2D eigenvalue weighted by molar-refractivity contribution is 0.123. The van der Waals surface area contributed by atoms with E-state index in [1.165, 1.54) is 12.8 Å². The van der Waals surface area contributed by atoms with Gasteiger partial charge in [-0.15, -0.1) is 0 Å². The van der Waals surface area contributed by atoms with Crippen LogP contribution in [0.15, 0.2) is 0 Å². The highest BCUT2D eigenvalue weighted by Crippen LogP contribution is 2.14. The minimum Gasteiger partial charge on any atom is -0.395 e. The Morgan fingerprint density at radius 2 is 2.14 bits per heavy atom. The molecule has 1 N–H and O–H groups in total. The molecule has 0 aromatic rings. The van der Waals surface area contributed by atoms with Crippen LogP contribution in [-0.4, -0.2) is 60.3 Å². The molecule has 2 atom stereocenters. The third-order valence-corrected chi connectivity index (χ3v) is 3.31. The fraction of sp³-hybridized carbons (Fsp3) is 1.00. The van der Waals surface area contributed by atoms with Gasteiger partial charge in [-0.3, -0.25) is 9.80 Å². The zero-order valence-electron chi connectivity index (χ0n) is 9.74. The Kier molecular flexibility index (Phi) is 4.85. The van der Waals surface area contributed by atoms with Crippen molar-refractivity contribution in [3.63, 3.8) is 0 Å². The van der Waals surface area contributed by atoms with Gasteiger partial charge in [0.1, 0.15) is 0 Å². The number of likely N-dealkylation sites (N-methyl/N-ethyl adjacent to an activating group) is 1. The third kappa shape index (κ3) is 2.94. The molecule has 0 radical (unpaired) electrons. The van der Waals surface area contributed by atoms with Crippen molar-refractivity contribution < 1.29 is 5.11 Å². The van der Waals surface area contributed by atoms with Crippen molar-refractivity contribution in [2.24, 2.45) is 0 Å². The monoisotopic (exact) mass is 200 g/mol. The Morgan fingerprint density at radius 1 is 1.43 bits per heavy atom. The van der Waals surface area contributed by atoms with Crippen LogP contribution < -0.4 is 0 Å². The quantitative estimate of drug-likeness (QED) is 0.729. The first-order chi connectivity index (χ1) is 6.69. The molecule has 0 bridgehead atoms. The van der Waals surface area contributed by atoms with Gasteiger partial charge in [-0.05, 0) is 39.9 Å². The Bertz CT molecular complexity index is 163. The molecule has 0 aromatic carbocycles. The summed E-state index contributed by atoms with van der Waals surface area (Å²) in [5.41, 5.74) is 0. The van der Waals surface area contributed by atoms with Crippen LogP contribution in [0.4, 0.5) is 0 Å². The summed E-state index contributed by atoms with van der Waals surface area (Å²) in [4.78, 5) is 4.79. The molecule has 1 saturated heterocycles. The minimum atomic E-state index is 0.281. The summed E-state index contributed by atoms with van der Waals surface area (Å²) in [6, 6.07) is 0.987. The smallest absolute Gasteiger partial charge is 0.0599 e. The number of aliphatic hydroxyl groups excluding tert-OH is 1. The largest absolute Gasteiger partial charge is 0.395 e. The summed E-state index contributed by atoms with van der Waals surface area (Å²) < 4.78 is 0. The topological polar surface area (TPSA) is 26.7 Å². The van der Waals surface area contributed by atoms with E-state index >= 15 is 0 Å². The summed E-state index contributed by atoms with van der Waals surface area (Å²) in [6.45, 7) is 8.07. The van der Waals surface area contributed by atoms with E-state index < -0.39 is 0 Å². The van der Waals surface area contributed by atoms with Crippen LogP contribution in [0.2, 0.25) is 0 Å². The zero-order chi connectivity index (χ0) is 10.6. The first-order valence-electron chi connectivity index (χ1n) is 5.74. The molecule has 1 fully saturated rings. The number of nitrogens with zero attached hydrogens (tertiary/aromatic N) is 2. The lowest BCUT2D eigenvalue weighted by Crippen LogP contribution is -2.43. The van der Waals surface area contributed by atoms with E-state index in [2.05, 4.69) is 30.7 Å². The van der Waals surface area contributed by atoms with Crippen molar-refractivity contribution in [3.8, 4) is 0 Å². The lowest BCUT2D eigenvalue weighted by Gasteiger charge is -2.29. The van der Waals surface area contributed by atoms with E-state index in [1.54, 1.807) is 0 Å². The average Bonchev–Trinajstić information content (AvgIpc) is 2.31. The fourth-order valence-corrected chi connectivity index (χ4v) is 2.14. The molecule has 0 aromatic heterocycles. The molecule has 0 saturated carbocycles. The van der Waals surface area contributed by atoms with Crippen molar-refractivity contribution in [2.75, 3.05) is 33.3 Å². The van der Waals surface area contributed by atoms with Gasteiger partial charge in [0.15, 0.2) is 0 Å². The second-order valence-electron chi connectivity index (χ2n) is 4.45. The standard InChI is InChI=1S/C11H24N2O/c1-4-6-13-8-11(9-14)12(3)7-5-10(13)2/h10-11,14H,4-9H2,1-3H3. The van der Waals surface area contributed by atoms with E-state index in [9.17, 15) is 5.11 Å². The molecule has 3 heteroatoms. The molecule has 1 aliphatic rings. The van der Waals surface area contributed by atoms with Gasteiger partial charge in [-0.2, -0.15) is 0 Å². The highest BCUT2D eigenvalue weighted by atomic mass is 16.3. The zero-order valence-corrected chi connectivity index (χ0v) is 9.74. The minimum absolute atomic E-state index is 0.281. The Morgan fingerprint density at radius 3 is 2.71 bits per heavy atom. The lowest BCUT2D eigenvalue weighted by atomic mass is 10.2. The molecule has 1 aliphatic heterocycles. The number of rotatable bonds is 3. The van der Waals surface area contributed by atoms with Gasteiger partial charge in [-0.25, -0.2) is 0 Å². The number of hydrogen-bond donors (Lipinski definition) is 1. The predicted molar refractivity (Wildman–Crippen MR) is 59.4 cm³/mol. The Balaban J connectivity index is 2.56. The molecule has 0 amide bonds. The molecule has 3 nitrogen and oxygen atoms in total. The van der Waals surface area contributed by atoms with E-state index in [1.807, 2.05) is 0 Å². The number of hydrogen-bond acceptors (Lipinski definition) is 3. The van der Waals surface area contributed by atoms with E-state index in [0.29, 0.717) is 12.1 Å². The summed E-state index contributed by atoms with van der Waals surface area (Å²) in [5, 5.41) is 9.29. The average molecular weight is 200 g/mol. The number of aliphatic hydroxyl groups is 1. The van der Waals surface area contributed by atoms with Gasteiger partial charge in [0.2, 0.25) is 0 Å². The summed E-state index contributed by atoms with van der Waals surface area (Å²) in [6.07, 6.45) is 2.42. The van der Waals surface area contributed by atoms with Gasteiger partial charge in [-0.1, -0.05) is 6.92 Å². The van der Waals surface area contributed by atoms with Crippen LogP contribution in [0.1, 0.15) is 26.7 Å². The molecule has 2 unspecified atom stereocenters. The molecule has 14 heavy (non-hydrogen) atoms. The summed E-state index contributed by atoms with van der Waals surface area (Å²) >= 11 is 0. The van der Waals surface area contributed by atoms with Crippen molar-refractivity contribution in [2.45, 2.75) is 38.8 Å². The fourth-order valence-electron chi connectivity index (χ4n) is 2.14. The van der Waals surface area contributed by atoms with Crippen LogP contribution in [0.25, 0.3) is 0 Å². The molecule has 84 valence electrons. The second kappa shape index (κ2) is 5.69. The van der Waals surface area contributed by atoms with Gasteiger partial charge in [0.05, 0.1) is 6.61 Å². The predicted octanol–water partition coefficient (Wildman–Crippen LogP) is 0.783. The first kappa shape index (κ1) is 12.0. The van der Waals surface area contributed by atoms with E-state index in [0.717, 1.165) is 19.6 Å². The Hall–Kier alpha value is -0.120.